The Morgan fingerprint density at radius 2 is 1.08 bits per heavy atom. The van der Waals surface area contributed by atoms with Crippen molar-refractivity contribution in [2.75, 3.05) is 9.80 Å². The first-order valence-electron chi connectivity index (χ1n) is 17.8. The number of hydrogen-bond acceptors (Lipinski definition) is 4. The molecular formula is C45H31BN2O2Si. The number of rotatable bonds is 1. The Bertz CT molecular complexity index is 3010. The van der Waals surface area contributed by atoms with Crippen molar-refractivity contribution < 1.29 is 8.83 Å². The van der Waals surface area contributed by atoms with Gasteiger partial charge in [0.15, 0.2) is 11.2 Å². The Morgan fingerprint density at radius 3 is 1.88 bits per heavy atom. The van der Waals surface area contributed by atoms with E-state index in [-0.39, 0.29) is 6.71 Å². The normalized spacial score (nSPS) is 15.0. The van der Waals surface area contributed by atoms with Crippen LogP contribution in [0.2, 0.25) is 13.1 Å². The molecule has 0 aliphatic carbocycles. The number of nitrogens with zero attached hydrogens (tertiary/aromatic N) is 2. The molecule has 240 valence electrons. The lowest BCUT2D eigenvalue weighted by atomic mass is 9.33. The SMILES string of the molecule is Cc1cc2c3c(c1)N1c4c(cccc4[Si](C)(C)c4ccc5c(oc6ccccc65)c41)B3c1ccccc1N2c1cccc2c1oc1ccccc12. The number of para-hydroxylation sites is 5. The molecule has 0 atom stereocenters. The summed E-state index contributed by atoms with van der Waals surface area (Å²) in [6.07, 6.45) is 0. The molecule has 0 radical (unpaired) electrons. The largest absolute Gasteiger partial charge is 0.454 e. The van der Waals surface area contributed by atoms with E-state index in [4.69, 9.17) is 8.83 Å². The highest BCUT2D eigenvalue weighted by Gasteiger charge is 2.49. The fraction of sp³-hybridized carbons (Fsp3) is 0.0667. The number of benzene rings is 7. The molecule has 2 aromatic heterocycles. The highest BCUT2D eigenvalue weighted by Crippen LogP contribution is 2.49. The highest BCUT2D eigenvalue weighted by atomic mass is 28.3. The third-order valence-electron chi connectivity index (χ3n) is 11.9. The van der Waals surface area contributed by atoms with E-state index in [2.05, 4.69) is 157 Å². The molecule has 3 aliphatic rings. The summed E-state index contributed by atoms with van der Waals surface area (Å²) in [7, 11) is -2.16. The summed E-state index contributed by atoms with van der Waals surface area (Å²) >= 11 is 0. The molecule has 12 rings (SSSR count). The molecule has 0 fully saturated rings. The zero-order chi connectivity index (χ0) is 33.7. The molecule has 4 nitrogen and oxygen atoms in total. The summed E-state index contributed by atoms with van der Waals surface area (Å²) in [6.45, 7) is 7.33. The molecule has 3 aliphatic heterocycles. The molecule has 5 heterocycles. The van der Waals surface area contributed by atoms with Crippen LogP contribution in [0.25, 0.3) is 43.9 Å². The fourth-order valence-corrected chi connectivity index (χ4v) is 12.7. The summed E-state index contributed by atoms with van der Waals surface area (Å²) in [5.41, 5.74) is 16.1. The second-order valence-electron chi connectivity index (χ2n) is 14.9. The van der Waals surface area contributed by atoms with Gasteiger partial charge in [-0.2, -0.15) is 0 Å². The first kappa shape index (κ1) is 27.8. The molecule has 0 unspecified atom stereocenters. The average molecular weight is 671 g/mol. The monoisotopic (exact) mass is 670 g/mol. The minimum atomic E-state index is -2.16. The summed E-state index contributed by atoms with van der Waals surface area (Å²) in [5, 5.41) is 7.48. The summed E-state index contributed by atoms with van der Waals surface area (Å²) in [4.78, 5) is 5.04. The van der Waals surface area contributed by atoms with Crippen molar-refractivity contribution in [3.63, 3.8) is 0 Å². The molecule has 6 heteroatoms. The number of furan rings is 2. The standard InChI is InChI=1S/C45H31BN2O2Si/c1-26-24-35-41-36(25-26)48-42-32(16-11-21-39(42)51(2,3)40-23-22-30-28-13-5-9-20-38(28)50-45(30)43(40)48)46(41)31-15-6-7-17-33(31)47(35)34-18-10-14-29-27-12-4-8-19-37(27)49-44(29)34/h4-25H,1-3H3. The van der Waals surface area contributed by atoms with E-state index in [0.717, 1.165) is 44.2 Å². The number of fused-ring (bicyclic) bond motifs is 13. The van der Waals surface area contributed by atoms with Crippen LogP contribution in [0, 0.1) is 6.92 Å². The van der Waals surface area contributed by atoms with Crippen LogP contribution in [0.4, 0.5) is 34.1 Å². The second-order valence-corrected chi connectivity index (χ2v) is 19.3. The quantitative estimate of drug-likeness (QED) is 0.163. The van der Waals surface area contributed by atoms with Crippen LogP contribution in [0.5, 0.6) is 0 Å². The van der Waals surface area contributed by atoms with Crippen LogP contribution in [-0.4, -0.2) is 14.8 Å². The molecule has 51 heavy (non-hydrogen) atoms. The summed E-state index contributed by atoms with van der Waals surface area (Å²) in [5.74, 6) is 0. The predicted octanol–water partition coefficient (Wildman–Crippen LogP) is 9.01. The molecule has 0 bridgehead atoms. The average Bonchev–Trinajstić information content (AvgIpc) is 3.73. The van der Waals surface area contributed by atoms with Crippen molar-refractivity contribution in [3.05, 3.63) is 139 Å². The van der Waals surface area contributed by atoms with Crippen molar-refractivity contribution >= 4 is 120 Å². The number of anilines is 6. The van der Waals surface area contributed by atoms with Crippen LogP contribution in [-0.2, 0) is 0 Å². The second kappa shape index (κ2) is 9.42. The lowest BCUT2D eigenvalue weighted by Crippen LogP contribution is -2.67. The van der Waals surface area contributed by atoms with E-state index in [9.17, 15) is 0 Å². The van der Waals surface area contributed by atoms with E-state index < -0.39 is 8.07 Å². The van der Waals surface area contributed by atoms with Crippen LogP contribution in [0.1, 0.15) is 5.56 Å². The lowest BCUT2D eigenvalue weighted by molar-refractivity contribution is 0.669. The van der Waals surface area contributed by atoms with Gasteiger partial charge in [-0.1, -0.05) is 110 Å². The first-order chi connectivity index (χ1) is 25.0. The van der Waals surface area contributed by atoms with E-state index in [1.54, 1.807) is 0 Å². The minimum Gasteiger partial charge on any atom is -0.454 e. The van der Waals surface area contributed by atoms with Gasteiger partial charge in [-0.25, -0.2) is 0 Å². The van der Waals surface area contributed by atoms with Crippen molar-refractivity contribution in [1.29, 1.82) is 0 Å². The Kier molecular flexibility index (Phi) is 5.13. The van der Waals surface area contributed by atoms with Gasteiger partial charge >= 0.3 is 0 Å². The van der Waals surface area contributed by atoms with Gasteiger partial charge in [0, 0.05) is 44.3 Å². The Balaban J connectivity index is 1.22. The van der Waals surface area contributed by atoms with E-state index in [1.165, 1.54) is 66.1 Å². The Hall–Kier alpha value is -5.98. The maximum Gasteiger partial charge on any atom is 0.252 e. The molecule has 7 aromatic carbocycles. The maximum atomic E-state index is 6.88. The van der Waals surface area contributed by atoms with Crippen molar-refractivity contribution in [2.45, 2.75) is 20.0 Å². The molecule has 0 amide bonds. The first-order valence-corrected chi connectivity index (χ1v) is 20.8. The van der Waals surface area contributed by atoms with Crippen LogP contribution in [0.3, 0.4) is 0 Å². The molecule has 0 saturated heterocycles. The van der Waals surface area contributed by atoms with Gasteiger partial charge in [0.05, 0.1) is 11.4 Å². The fourth-order valence-electron chi connectivity index (χ4n) is 9.68. The summed E-state index contributed by atoms with van der Waals surface area (Å²) in [6, 6.07) is 49.0. The predicted molar refractivity (Wildman–Crippen MR) is 217 cm³/mol. The van der Waals surface area contributed by atoms with E-state index in [1.807, 2.05) is 6.07 Å². The van der Waals surface area contributed by atoms with E-state index >= 15 is 0 Å². The number of hydrogen-bond donors (Lipinski definition) is 0. The van der Waals surface area contributed by atoms with Crippen molar-refractivity contribution in [1.82, 2.24) is 0 Å². The van der Waals surface area contributed by atoms with Crippen LogP contribution >= 0.6 is 0 Å². The summed E-state index contributed by atoms with van der Waals surface area (Å²) < 4.78 is 13.6. The third-order valence-corrected chi connectivity index (χ3v) is 15.4. The highest BCUT2D eigenvalue weighted by molar-refractivity contribution is 7.06. The molecule has 0 N–H and O–H groups in total. The van der Waals surface area contributed by atoms with Gasteiger partial charge in [-0.05, 0) is 75.6 Å². The van der Waals surface area contributed by atoms with Gasteiger partial charge < -0.3 is 18.6 Å². The topological polar surface area (TPSA) is 32.8 Å². The molecule has 0 spiro atoms. The van der Waals surface area contributed by atoms with Crippen LogP contribution in [0.15, 0.2) is 142 Å². The maximum absolute atomic E-state index is 6.88. The van der Waals surface area contributed by atoms with Crippen molar-refractivity contribution in [2.24, 2.45) is 0 Å². The van der Waals surface area contributed by atoms with Gasteiger partial charge in [0.2, 0.25) is 0 Å². The number of aryl methyl sites for hydroxylation is 1. The zero-order valence-electron chi connectivity index (χ0n) is 28.5. The van der Waals surface area contributed by atoms with Gasteiger partial charge in [-0.3, -0.25) is 0 Å². The molecule has 9 aromatic rings. The van der Waals surface area contributed by atoms with Gasteiger partial charge in [-0.15, -0.1) is 0 Å². The minimum absolute atomic E-state index is 0.0744. The zero-order valence-corrected chi connectivity index (χ0v) is 29.5. The van der Waals surface area contributed by atoms with Gasteiger partial charge in [0.1, 0.15) is 19.2 Å². The van der Waals surface area contributed by atoms with Crippen LogP contribution < -0.4 is 36.6 Å². The van der Waals surface area contributed by atoms with E-state index in [0.29, 0.717) is 0 Å². The lowest BCUT2D eigenvalue weighted by Gasteiger charge is -2.49. The molecule has 0 saturated carbocycles. The van der Waals surface area contributed by atoms with Crippen molar-refractivity contribution in [3.8, 4) is 0 Å². The smallest absolute Gasteiger partial charge is 0.252 e. The Morgan fingerprint density at radius 1 is 0.490 bits per heavy atom. The third kappa shape index (κ3) is 3.36. The van der Waals surface area contributed by atoms with Gasteiger partial charge in [0.25, 0.3) is 6.71 Å². The molecular weight excluding hydrogens is 639 g/mol. The Labute approximate surface area is 296 Å².